The summed E-state index contributed by atoms with van der Waals surface area (Å²) in [6.07, 6.45) is 1.47. The average Bonchev–Trinajstić information content (AvgIpc) is 2.73. The molecule has 4 nitrogen and oxygen atoms in total. The number of nitrogens with one attached hydrogen (secondary N) is 1. The Morgan fingerprint density at radius 1 is 1.00 bits per heavy atom. The number of carbonyl (C=O) groups is 1. The lowest BCUT2D eigenvalue weighted by molar-refractivity contribution is -0.112. The van der Waals surface area contributed by atoms with E-state index in [9.17, 15) is 14.4 Å². The second-order valence-electron chi connectivity index (χ2n) is 5.94. The fourth-order valence-corrected chi connectivity index (χ4v) is 2.50. The van der Waals surface area contributed by atoms with Crippen molar-refractivity contribution in [3.63, 3.8) is 0 Å². The lowest BCUT2D eigenvalue weighted by Gasteiger charge is -2.10. The second kappa shape index (κ2) is 9.15. The van der Waals surface area contributed by atoms with E-state index in [1.807, 2.05) is 42.5 Å². The minimum Gasteiger partial charge on any atom is -0.488 e. The van der Waals surface area contributed by atoms with Crippen LogP contribution >= 0.6 is 0 Å². The summed E-state index contributed by atoms with van der Waals surface area (Å²) in [5.74, 6) is -0.417. The molecule has 0 saturated heterocycles. The van der Waals surface area contributed by atoms with Crippen LogP contribution in [0.2, 0.25) is 0 Å². The van der Waals surface area contributed by atoms with E-state index in [4.69, 9.17) is 4.74 Å². The van der Waals surface area contributed by atoms with Gasteiger partial charge in [0.2, 0.25) is 0 Å². The largest absolute Gasteiger partial charge is 0.488 e. The zero-order chi connectivity index (χ0) is 19.8. The highest BCUT2D eigenvalue weighted by Crippen LogP contribution is 2.22. The van der Waals surface area contributed by atoms with Gasteiger partial charge in [0.15, 0.2) is 0 Å². The fraction of sp³-hybridized carbons (Fsp3) is 0.0435. The highest BCUT2D eigenvalue weighted by atomic mass is 19.1. The summed E-state index contributed by atoms with van der Waals surface area (Å²) in [5, 5.41) is 12.0. The van der Waals surface area contributed by atoms with Gasteiger partial charge in [-0.1, -0.05) is 48.5 Å². The van der Waals surface area contributed by atoms with Crippen LogP contribution in [0.3, 0.4) is 0 Å². The number of hydrogen-bond donors (Lipinski definition) is 1. The highest BCUT2D eigenvalue weighted by Gasteiger charge is 2.11. The van der Waals surface area contributed by atoms with Gasteiger partial charge >= 0.3 is 0 Å². The maximum atomic E-state index is 13.0. The number of amides is 1. The first-order valence-corrected chi connectivity index (χ1v) is 8.60. The van der Waals surface area contributed by atoms with E-state index in [-0.39, 0.29) is 5.57 Å². The summed E-state index contributed by atoms with van der Waals surface area (Å²) >= 11 is 0. The third-order valence-corrected chi connectivity index (χ3v) is 3.92. The van der Waals surface area contributed by atoms with Gasteiger partial charge in [-0.15, -0.1) is 0 Å². The molecular formula is C23H17FN2O2. The number of halogens is 1. The van der Waals surface area contributed by atoms with Crippen molar-refractivity contribution in [1.82, 2.24) is 0 Å². The van der Waals surface area contributed by atoms with Crippen LogP contribution in [0.4, 0.5) is 10.1 Å². The molecule has 28 heavy (non-hydrogen) atoms. The Labute approximate surface area is 162 Å². The average molecular weight is 372 g/mol. The van der Waals surface area contributed by atoms with Crippen LogP contribution < -0.4 is 10.1 Å². The predicted molar refractivity (Wildman–Crippen MR) is 106 cm³/mol. The van der Waals surface area contributed by atoms with E-state index >= 15 is 0 Å². The van der Waals surface area contributed by atoms with Gasteiger partial charge in [0, 0.05) is 11.3 Å². The number of nitriles is 1. The van der Waals surface area contributed by atoms with Gasteiger partial charge in [0.1, 0.15) is 29.8 Å². The molecule has 0 unspecified atom stereocenters. The number of hydrogen-bond acceptors (Lipinski definition) is 3. The van der Waals surface area contributed by atoms with Gasteiger partial charge in [-0.05, 0) is 42.0 Å². The third kappa shape index (κ3) is 5.05. The first-order chi connectivity index (χ1) is 13.7. The van der Waals surface area contributed by atoms with Crippen LogP contribution in [-0.2, 0) is 11.4 Å². The van der Waals surface area contributed by atoms with Crippen molar-refractivity contribution in [2.75, 3.05) is 5.32 Å². The maximum Gasteiger partial charge on any atom is 0.266 e. The number of carbonyl (C=O) groups excluding carboxylic acids is 1. The molecule has 0 aliphatic heterocycles. The van der Waals surface area contributed by atoms with E-state index in [0.29, 0.717) is 23.6 Å². The topological polar surface area (TPSA) is 62.1 Å². The van der Waals surface area contributed by atoms with Crippen molar-refractivity contribution >= 4 is 17.7 Å². The first kappa shape index (κ1) is 18.9. The van der Waals surface area contributed by atoms with Crippen LogP contribution in [-0.4, -0.2) is 5.91 Å². The minimum atomic E-state index is -0.577. The molecule has 3 rings (SSSR count). The number of para-hydroxylation sites is 1. The van der Waals surface area contributed by atoms with Gasteiger partial charge in [-0.25, -0.2) is 4.39 Å². The van der Waals surface area contributed by atoms with Crippen molar-refractivity contribution in [3.8, 4) is 11.8 Å². The van der Waals surface area contributed by atoms with Gasteiger partial charge in [0.25, 0.3) is 5.91 Å². The summed E-state index contributed by atoms with van der Waals surface area (Å²) in [7, 11) is 0. The van der Waals surface area contributed by atoms with E-state index < -0.39 is 11.7 Å². The number of anilines is 1. The molecule has 5 heteroatoms. The zero-order valence-corrected chi connectivity index (χ0v) is 14.9. The molecule has 138 valence electrons. The Morgan fingerprint density at radius 2 is 1.68 bits per heavy atom. The van der Waals surface area contributed by atoms with Crippen molar-refractivity contribution in [1.29, 1.82) is 5.26 Å². The molecule has 3 aromatic carbocycles. The van der Waals surface area contributed by atoms with Crippen molar-refractivity contribution < 1.29 is 13.9 Å². The van der Waals surface area contributed by atoms with E-state index in [0.717, 1.165) is 5.56 Å². The van der Waals surface area contributed by atoms with Crippen LogP contribution in [0.5, 0.6) is 5.75 Å². The molecule has 0 aliphatic carbocycles. The van der Waals surface area contributed by atoms with E-state index in [2.05, 4.69) is 5.32 Å². The molecule has 0 atom stereocenters. The van der Waals surface area contributed by atoms with Crippen molar-refractivity contribution in [3.05, 3.63) is 101 Å². The quantitative estimate of drug-likeness (QED) is 0.492. The number of benzene rings is 3. The molecule has 0 aliphatic rings. The SMILES string of the molecule is N#C/C(=C\c1ccccc1OCc1ccccc1)C(=O)Nc1ccc(F)cc1. The van der Waals surface area contributed by atoms with Crippen LogP contribution in [0.15, 0.2) is 84.4 Å². The standard InChI is InChI=1S/C23H17FN2O2/c24-20-10-12-21(13-11-20)26-23(27)19(15-25)14-18-8-4-5-9-22(18)28-16-17-6-2-1-3-7-17/h1-14H,16H2,(H,26,27)/b19-14+. The molecule has 0 bridgehead atoms. The van der Waals surface area contributed by atoms with Gasteiger partial charge < -0.3 is 10.1 Å². The molecule has 1 amide bonds. The van der Waals surface area contributed by atoms with Crippen LogP contribution in [0.1, 0.15) is 11.1 Å². The molecule has 0 heterocycles. The molecule has 3 aromatic rings. The summed E-state index contributed by atoms with van der Waals surface area (Å²) in [6.45, 7) is 0.370. The monoisotopic (exact) mass is 372 g/mol. The number of nitrogens with zero attached hydrogens (tertiary/aromatic N) is 1. The van der Waals surface area contributed by atoms with Gasteiger partial charge in [0.05, 0.1) is 0 Å². The highest BCUT2D eigenvalue weighted by molar-refractivity contribution is 6.09. The lowest BCUT2D eigenvalue weighted by Crippen LogP contribution is -2.13. The molecule has 0 spiro atoms. The Hall–Kier alpha value is -3.91. The van der Waals surface area contributed by atoms with E-state index in [1.54, 1.807) is 18.2 Å². The smallest absolute Gasteiger partial charge is 0.266 e. The molecule has 1 N–H and O–H groups in total. The normalized spacial score (nSPS) is 10.8. The number of rotatable bonds is 6. The maximum absolute atomic E-state index is 13.0. The summed E-state index contributed by atoms with van der Waals surface area (Å²) in [5.41, 5.74) is 1.95. The first-order valence-electron chi connectivity index (χ1n) is 8.60. The minimum absolute atomic E-state index is 0.0833. The van der Waals surface area contributed by atoms with Gasteiger partial charge in [-0.3, -0.25) is 4.79 Å². The summed E-state index contributed by atoms with van der Waals surface area (Å²) in [6, 6.07) is 24.1. The zero-order valence-electron chi connectivity index (χ0n) is 14.9. The Kier molecular flexibility index (Phi) is 6.17. The molecular weight excluding hydrogens is 355 g/mol. The van der Waals surface area contributed by atoms with Crippen molar-refractivity contribution in [2.45, 2.75) is 6.61 Å². The lowest BCUT2D eigenvalue weighted by atomic mass is 10.1. The number of ether oxygens (including phenoxy) is 1. The Bertz CT molecular complexity index is 1020. The van der Waals surface area contributed by atoms with E-state index in [1.165, 1.54) is 30.3 Å². The summed E-state index contributed by atoms with van der Waals surface area (Å²) in [4.78, 5) is 12.4. The predicted octanol–water partition coefficient (Wildman–Crippen LogP) is 4.95. The molecule has 0 radical (unpaired) electrons. The fourth-order valence-electron chi connectivity index (χ4n) is 2.50. The van der Waals surface area contributed by atoms with Crippen LogP contribution in [0.25, 0.3) is 6.08 Å². The third-order valence-electron chi connectivity index (χ3n) is 3.92. The molecule has 0 fully saturated rings. The molecule has 0 saturated carbocycles. The molecule has 0 aromatic heterocycles. The second-order valence-corrected chi connectivity index (χ2v) is 5.94. The van der Waals surface area contributed by atoms with Crippen molar-refractivity contribution in [2.24, 2.45) is 0 Å². The Balaban J connectivity index is 1.77. The van der Waals surface area contributed by atoms with Crippen LogP contribution in [0, 0.1) is 17.1 Å². The summed E-state index contributed by atoms with van der Waals surface area (Å²) < 4.78 is 18.8. The Morgan fingerprint density at radius 3 is 2.39 bits per heavy atom. The van der Waals surface area contributed by atoms with Gasteiger partial charge in [-0.2, -0.15) is 5.26 Å².